The van der Waals surface area contributed by atoms with Gasteiger partial charge >= 0.3 is 0 Å². The quantitative estimate of drug-likeness (QED) is 0.812. The summed E-state index contributed by atoms with van der Waals surface area (Å²) in [5.74, 6) is -0.265. The molecule has 1 aliphatic heterocycles. The highest BCUT2D eigenvalue weighted by Crippen LogP contribution is 2.33. The number of carbonyl (C=O) groups is 2. The average molecular weight is 303 g/mol. The first-order valence-electron chi connectivity index (χ1n) is 8.66. The van der Waals surface area contributed by atoms with Gasteiger partial charge in [-0.25, -0.2) is 0 Å². The maximum Gasteiger partial charge on any atom is 0.226 e. The molecule has 0 radical (unpaired) electrons. The van der Waals surface area contributed by atoms with E-state index in [2.05, 4.69) is 11.4 Å². The van der Waals surface area contributed by atoms with Crippen molar-refractivity contribution in [2.45, 2.75) is 75.8 Å². The second-order valence-electron chi connectivity index (χ2n) is 7.13. The van der Waals surface area contributed by atoms with Gasteiger partial charge in [-0.2, -0.15) is 5.26 Å². The highest BCUT2D eigenvalue weighted by molar-refractivity contribution is 5.90. The Hall–Kier alpha value is -1.57. The van der Waals surface area contributed by atoms with E-state index in [9.17, 15) is 14.9 Å². The average Bonchev–Trinajstić information content (AvgIpc) is 2.70. The summed E-state index contributed by atoms with van der Waals surface area (Å²) in [6.07, 6.45) is 9.80. The molecule has 1 N–H and O–H groups in total. The zero-order valence-corrected chi connectivity index (χ0v) is 13.1. The van der Waals surface area contributed by atoms with Crippen LogP contribution in [-0.4, -0.2) is 34.8 Å². The van der Waals surface area contributed by atoms with E-state index in [0.29, 0.717) is 19.0 Å². The maximum absolute atomic E-state index is 12.4. The first kappa shape index (κ1) is 15.3. The number of hydrogen-bond donors (Lipinski definition) is 1. The molecule has 1 heterocycles. The van der Waals surface area contributed by atoms with Crippen molar-refractivity contribution in [3.8, 4) is 6.07 Å². The summed E-state index contributed by atoms with van der Waals surface area (Å²) in [6, 6.07) is 2.55. The number of rotatable bonds is 3. The molecule has 2 saturated carbocycles. The van der Waals surface area contributed by atoms with E-state index in [1.165, 1.54) is 25.7 Å². The summed E-state index contributed by atoms with van der Waals surface area (Å²) >= 11 is 0. The third kappa shape index (κ3) is 2.97. The third-order valence-electron chi connectivity index (χ3n) is 5.58. The van der Waals surface area contributed by atoms with Crippen LogP contribution in [0.4, 0.5) is 0 Å². The molecule has 22 heavy (non-hydrogen) atoms. The van der Waals surface area contributed by atoms with Crippen molar-refractivity contribution < 1.29 is 9.59 Å². The van der Waals surface area contributed by atoms with Gasteiger partial charge < -0.3 is 10.2 Å². The summed E-state index contributed by atoms with van der Waals surface area (Å²) in [6.45, 7) is 0.539. The molecule has 0 aromatic heterocycles. The van der Waals surface area contributed by atoms with Crippen molar-refractivity contribution in [3.05, 3.63) is 0 Å². The van der Waals surface area contributed by atoms with Gasteiger partial charge in [-0.3, -0.25) is 9.59 Å². The highest BCUT2D eigenvalue weighted by Gasteiger charge is 2.43. The van der Waals surface area contributed by atoms with Crippen molar-refractivity contribution in [2.24, 2.45) is 5.92 Å². The number of nitrogens with zero attached hydrogens (tertiary/aromatic N) is 2. The minimum absolute atomic E-state index is 0.106. The van der Waals surface area contributed by atoms with Crippen molar-refractivity contribution >= 4 is 11.8 Å². The van der Waals surface area contributed by atoms with Gasteiger partial charge in [-0.05, 0) is 32.1 Å². The lowest BCUT2D eigenvalue weighted by Gasteiger charge is -2.36. The maximum atomic E-state index is 12.4. The van der Waals surface area contributed by atoms with Gasteiger partial charge in [0.25, 0.3) is 0 Å². The molecule has 0 unspecified atom stereocenters. The number of carbonyl (C=O) groups excluding carboxylic acids is 2. The van der Waals surface area contributed by atoms with Crippen LogP contribution in [0.2, 0.25) is 0 Å². The molecule has 0 aromatic carbocycles. The first-order chi connectivity index (χ1) is 10.6. The summed E-state index contributed by atoms with van der Waals surface area (Å²) in [5, 5.41) is 12.1. The van der Waals surface area contributed by atoms with Crippen LogP contribution in [0.3, 0.4) is 0 Å². The molecule has 0 spiro atoms. The molecule has 5 nitrogen and oxygen atoms in total. The molecule has 0 aromatic rings. The molecule has 1 saturated heterocycles. The number of nitriles is 1. The molecule has 0 bridgehead atoms. The molecule has 3 aliphatic rings. The lowest BCUT2D eigenvalue weighted by atomic mass is 9.77. The van der Waals surface area contributed by atoms with Crippen molar-refractivity contribution in [2.75, 3.05) is 6.54 Å². The van der Waals surface area contributed by atoms with E-state index >= 15 is 0 Å². The van der Waals surface area contributed by atoms with Gasteiger partial charge in [0.1, 0.15) is 5.54 Å². The third-order valence-corrected chi connectivity index (χ3v) is 5.58. The Bertz CT molecular complexity index is 485. The first-order valence-corrected chi connectivity index (χ1v) is 8.66. The van der Waals surface area contributed by atoms with Crippen LogP contribution in [0.25, 0.3) is 0 Å². The monoisotopic (exact) mass is 303 g/mol. The largest absolute Gasteiger partial charge is 0.339 e. The number of hydrogen-bond acceptors (Lipinski definition) is 3. The van der Waals surface area contributed by atoms with Gasteiger partial charge in [0.15, 0.2) is 0 Å². The van der Waals surface area contributed by atoms with Crippen molar-refractivity contribution in [3.63, 3.8) is 0 Å². The van der Waals surface area contributed by atoms with E-state index in [4.69, 9.17) is 0 Å². The predicted octanol–water partition coefficient (Wildman–Crippen LogP) is 2.12. The predicted molar refractivity (Wildman–Crippen MR) is 81.6 cm³/mol. The van der Waals surface area contributed by atoms with Crippen LogP contribution in [0.15, 0.2) is 0 Å². The molecule has 3 rings (SSSR count). The van der Waals surface area contributed by atoms with Gasteiger partial charge in [-0.1, -0.05) is 25.7 Å². The fourth-order valence-corrected chi connectivity index (χ4v) is 3.96. The minimum atomic E-state index is -0.657. The van der Waals surface area contributed by atoms with E-state index in [1.54, 1.807) is 0 Å². The van der Waals surface area contributed by atoms with Gasteiger partial charge in [0.2, 0.25) is 11.8 Å². The fourth-order valence-electron chi connectivity index (χ4n) is 3.96. The number of nitrogens with one attached hydrogen (secondary N) is 1. The minimum Gasteiger partial charge on any atom is -0.339 e. The van der Waals surface area contributed by atoms with Crippen LogP contribution in [0.1, 0.15) is 64.2 Å². The Balaban J connectivity index is 1.59. The highest BCUT2D eigenvalue weighted by atomic mass is 16.2. The van der Waals surface area contributed by atoms with E-state index in [1.807, 2.05) is 4.90 Å². The lowest BCUT2D eigenvalue weighted by molar-refractivity contribution is -0.130. The van der Waals surface area contributed by atoms with Crippen molar-refractivity contribution in [1.29, 1.82) is 5.26 Å². The standard InChI is InChI=1S/C17H25N3O2/c18-12-17(8-5-9-17)19-16(22)13-10-15(21)20(11-13)14-6-3-1-2-4-7-14/h13-14H,1-11H2,(H,19,22)/t13-/m1/s1. The Morgan fingerprint density at radius 2 is 1.86 bits per heavy atom. The second kappa shape index (κ2) is 6.28. The summed E-state index contributed by atoms with van der Waals surface area (Å²) in [5.41, 5.74) is -0.657. The topological polar surface area (TPSA) is 73.2 Å². The fraction of sp³-hybridized carbons (Fsp3) is 0.824. The Kier molecular flexibility index (Phi) is 4.37. The van der Waals surface area contributed by atoms with Gasteiger partial charge in [0, 0.05) is 19.0 Å². The molecular formula is C17H25N3O2. The SMILES string of the molecule is N#CC1(NC(=O)[C@@H]2CC(=O)N(C3CCCCCC3)C2)CCC1. The van der Waals surface area contributed by atoms with E-state index < -0.39 is 5.54 Å². The molecule has 2 aliphatic carbocycles. The Labute approximate surface area is 132 Å². The Morgan fingerprint density at radius 1 is 1.18 bits per heavy atom. The second-order valence-corrected chi connectivity index (χ2v) is 7.13. The summed E-state index contributed by atoms with van der Waals surface area (Å²) in [7, 11) is 0. The van der Waals surface area contributed by atoms with Gasteiger partial charge in [0.05, 0.1) is 12.0 Å². The molecule has 3 fully saturated rings. The zero-order chi connectivity index (χ0) is 15.6. The van der Waals surface area contributed by atoms with Crippen LogP contribution in [0.5, 0.6) is 0 Å². The molecule has 5 heteroatoms. The smallest absolute Gasteiger partial charge is 0.226 e. The van der Waals surface area contributed by atoms with Crippen LogP contribution in [-0.2, 0) is 9.59 Å². The van der Waals surface area contributed by atoms with E-state index in [0.717, 1.165) is 32.1 Å². The molecular weight excluding hydrogens is 278 g/mol. The van der Waals surface area contributed by atoms with E-state index in [-0.39, 0.29) is 17.7 Å². The zero-order valence-electron chi connectivity index (χ0n) is 13.1. The number of amides is 2. The summed E-state index contributed by atoms with van der Waals surface area (Å²) in [4.78, 5) is 26.7. The Morgan fingerprint density at radius 3 is 2.41 bits per heavy atom. The molecule has 1 atom stereocenters. The van der Waals surface area contributed by atoms with Crippen LogP contribution >= 0.6 is 0 Å². The number of likely N-dealkylation sites (tertiary alicyclic amines) is 1. The van der Waals surface area contributed by atoms with Gasteiger partial charge in [-0.15, -0.1) is 0 Å². The molecule has 2 amide bonds. The normalized spacial score (nSPS) is 28.6. The molecule has 120 valence electrons. The summed E-state index contributed by atoms with van der Waals surface area (Å²) < 4.78 is 0. The lowest BCUT2D eigenvalue weighted by Crippen LogP contribution is -2.54. The van der Waals surface area contributed by atoms with Crippen LogP contribution in [0, 0.1) is 17.2 Å². The van der Waals surface area contributed by atoms with Crippen molar-refractivity contribution in [1.82, 2.24) is 10.2 Å². The van der Waals surface area contributed by atoms with Crippen LogP contribution < -0.4 is 5.32 Å².